The summed E-state index contributed by atoms with van der Waals surface area (Å²) in [5.41, 5.74) is 0.645. The van der Waals surface area contributed by atoms with E-state index >= 15 is 0 Å². The average Bonchev–Trinajstić information content (AvgIpc) is 2.70. The Morgan fingerprint density at radius 1 is 1.40 bits per heavy atom. The zero-order valence-corrected chi connectivity index (χ0v) is 12.8. The van der Waals surface area contributed by atoms with E-state index < -0.39 is 0 Å². The lowest BCUT2D eigenvalue weighted by Gasteiger charge is -2.42. The first-order valence-corrected chi connectivity index (χ1v) is 8.16. The largest absolute Gasteiger partial charge is 0.296 e. The van der Waals surface area contributed by atoms with Crippen molar-refractivity contribution in [2.45, 2.75) is 30.9 Å². The second-order valence-electron chi connectivity index (χ2n) is 5.57. The van der Waals surface area contributed by atoms with Crippen LogP contribution in [0.1, 0.15) is 31.2 Å². The van der Waals surface area contributed by atoms with Crippen LogP contribution in [0.5, 0.6) is 0 Å². The molecule has 106 valence electrons. The number of hydrogen-bond acceptors (Lipinski definition) is 3. The lowest BCUT2D eigenvalue weighted by atomic mass is 9.64. The minimum absolute atomic E-state index is 0.150. The number of rotatable bonds is 1. The molecule has 2 fully saturated rings. The number of carbonyl (C=O) groups excluding carboxylic acids is 2. The van der Waals surface area contributed by atoms with Gasteiger partial charge < -0.3 is 0 Å². The summed E-state index contributed by atoms with van der Waals surface area (Å²) in [5, 5.41) is 3.41. The van der Waals surface area contributed by atoms with Crippen LogP contribution in [-0.2, 0) is 9.59 Å². The van der Waals surface area contributed by atoms with E-state index in [9.17, 15) is 9.59 Å². The Hall–Kier alpha value is -1.00. The van der Waals surface area contributed by atoms with Gasteiger partial charge in [0.1, 0.15) is 0 Å². The fourth-order valence-electron chi connectivity index (χ4n) is 3.49. The number of nitrogens with one attached hydrogen (secondary N) is 1. The van der Waals surface area contributed by atoms with Gasteiger partial charge in [0.05, 0.1) is 5.92 Å². The van der Waals surface area contributed by atoms with Crippen LogP contribution in [0.3, 0.4) is 0 Å². The van der Waals surface area contributed by atoms with Crippen molar-refractivity contribution < 1.29 is 9.59 Å². The number of hydrogen-bond donors (Lipinski definition) is 1. The lowest BCUT2D eigenvalue weighted by molar-refractivity contribution is -0.140. The highest BCUT2D eigenvalue weighted by Crippen LogP contribution is 2.55. The standard InChI is InChI=1S/C15H16ClNO2S/c1-9-15(5-6-20-9)8-12(18)17-14(19)13(15)10-3-2-4-11(16)7-10/h2-4,7,9,13H,5-6,8H2,1H3,(H,17,18,19). The molecule has 0 bridgehead atoms. The second-order valence-corrected chi connectivity index (χ2v) is 7.46. The minimum atomic E-state index is -0.288. The minimum Gasteiger partial charge on any atom is -0.296 e. The quantitative estimate of drug-likeness (QED) is 0.811. The highest BCUT2D eigenvalue weighted by atomic mass is 35.5. The van der Waals surface area contributed by atoms with E-state index in [1.54, 1.807) is 6.07 Å². The fourth-order valence-corrected chi connectivity index (χ4v) is 5.21. The topological polar surface area (TPSA) is 46.2 Å². The molecule has 2 heterocycles. The Balaban J connectivity index is 2.09. The Morgan fingerprint density at radius 3 is 2.85 bits per heavy atom. The normalized spacial score (nSPS) is 33.5. The van der Waals surface area contributed by atoms with Crippen molar-refractivity contribution in [2.24, 2.45) is 5.41 Å². The molecule has 0 saturated carbocycles. The van der Waals surface area contributed by atoms with Gasteiger partial charge in [-0.15, -0.1) is 0 Å². The van der Waals surface area contributed by atoms with Crippen molar-refractivity contribution in [1.82, 2.24) is 5.32 Å². The first-order chi connectivity index (χ1) is 9.53. The molecule has 5 heteroatoms. The summed E-state index contributed by atoms with van der Waals surface area (Å²) < 4.78 is 0. The van der Waals surface area contributed by atoms with Gasteiger partial charge in [-0.25, -0.2) is 0 Å². The first kappa shape index (κ1) is 14.0. The van der Waals surface area contributed by atoms with E-state index in [1.165, 1.54) is 0 Å². The van der Waals surface area contributed by atoms with E-state index in [0.29, 0.717) is 16.7 Å². The Morgan fingerprint density at radius 2 is 2.20 bits per heavy atom. The molecule has 0 radical (unpaired) electrons. The summed E-state index contributed by atoms with van der Waals surface area (Å²) in [7, 11) is 0. The van der Waals surface area contributed by atoms with E-state index in [1.807, 2.05) is 30.0 Å². The van der Waals surface area contributed by atoms with Gasteiger partial charge in [-0.05, 0) is 29.9 Å². The van der Waals surface area contributed by atoms with Crippen LogP contribution in [0.2, 0.25) is 5.02 Å². The fraction of sp³-hybridized carbons (Fsp3) is 0.467. The maximum atomic E-state index is 12.4. The Bertz CT molecular complexity index is 577. The van der Waals surface area contributed by atoms with E-state index in [0.717, 1.165) is 17.7 Å². The highest BCUT2D eigenvalue weighted by Gasteiger charge is 2.54. The van der Waals surface area contributed by atoms with E-state index in [-0.39, 0.29) is 23.1 Å². The zero-order valence-electron chi connectivity index (χ0n) is 11.2. The molecular formula is C15H16ClNO2S. The molecule has 0 aromatic heterocycles. The van der Waals surface area contributed by atoms with Gasteiger partial charge in [-0.2, -0.15) is 11.8 Å². The third kappa shape index (κ3) is 2.15. The van der Waals surface area contributed by atoms with E-state index in [4.69, 9.17) is 11.6 Å². The molecule has 1 N–H and O–H groups in total. The Kier molecular flexibility index (Phi) is 3.55. The molecule has 3 nitrogen and oxygen atoms in total. The number of thioether (sulfide) groups is 1. The third-order valence-corrected chi connectivity index (χ3v) is 6.16. The molecule has 0 aliphatic carbocycles. The molecule has 3 unspecified atom stereocenters. The smallest absolute Gasteiger partial charge is 0.234 e. The lowest BCUT2D eigenvalue weighted by Crippen LogP contribution is -2.52. The van der Waals surface area contributed by atoms with Crippen molar-refractivity contribution in [3.05, 3.63) is 34.9 Å². The van der Waals surface area contributed by atoms with Crippen molar-refractivity contribution in [3.63, 3.8) is 0 Å². The maximum absolute atomic E-state index is 12.4. The van der Waals surface area contributed by atoms with Crippen LogP contribution < -0.4 is 5.32 Å². The molecule has 3 rings (SSSR count). The van der Waals surface area contributed by atoms with Gasteiger partial charge in [0.25, 0.3) is 0 Å². The molecule has 2 saturated heterocycles. The zero-order chi connectivity index (χ0) is 14.3. The molecule has 3 atom stereocenters. The number of benzene rings is 1. The first-order valence-electron chi connectivity index (χ1n) is 6.74. The monoisotopic (exact) mass is 309 g/mol. The Labute approximate surface area is 127 Å². The van der Waals surface area contributed by atoms with Crippen molar-refractivity contribution in [1.29, 1.82) is 0 Å². The molecule has 1 aromatic carbocycles. The van der Waals surface area contributed by atoms with Crippen LogP contribution in [0.25, 0.3) is 0 Å². The molecule has 1 spiro atoms. The van der Waals surface area contributed by atoms with Crippen LogP contribution in [0.4, 0.5) is 0 Å². The predicted molar refractivity (Wildman–Crippen MR) is 80.9 cm³/mol. The summed E-state index contributed by atoms with van der Waals surface area (Å²) in [4.78, 5) is 24.3. The number of carbonyl (C=O) groups is 2. The van der Waals surface area contributed by atoms with Crippen molar-refractivity contribution in [2.75, 3.05) is 5.75 Å². The SMILES string of the molecule is CC1SCCC12CC(=O)NC(=O)C2c1cccc(Cl)c1. The second kappa shape index (κ2) is 5.08. The van der Waals surface area contributed by atoms with Gasteiger partial charge in [-0.1, -0.05) is 30.7 Å². The molecule has 2 aliphatic heterocycles. The van der Waals surface area contributed by atoms with E-state index in [2.05, 4.69) is 12.2 Å². The summed E-state index contributed by atoms with van der Waals surface area (Å²) in [6.07, 6.45) is 1.32. The summed E-state index contributed by atoms with van der Waals surface area (Å²) in [5.74, 6) is 0.378. The third-order valence-electron chi connectivity index (χ3n) is 4.52. The highest BCUT2D eigenvalue weighted by molar-refractivity contribution is 8.00. The number of piperidine rings is 1. The molecule has 2 aliphatic rings. The van der Waals surface area contributed by atoms with Gasteiger partial charge in [0.15, 0.2) is 0 Å². The van der Waals surface area contributed by atoms with Crippen molar-refractivity contribution >= 4 is 35.2 Å². The summed E-state index contributed by atoms with van der Waals surface area (Å²) in [6, 6.07) is 7.45. The summed E-state index contributed by atoms with van der Waals surface area (Å²) >= 11 is 7.91. The number of halogens is 1. The maximum Gasteiger partial charge on any atom is 0.234 e. The van der Waals surface area contributed by atoms with Crippen LogP contribution in [0, 0.1) is 5.41 Å². The van der Waals surface area contributed by atoms with Crippen LogP contribution >= 0.6 is 23.4 Å². The van der Waals surface area contributed by atoms with Gasteiger partial charge in [0.2, 0.25) is 11.8 Å². The average molecular weight is 310 g/mol. The van der Waals surface area contributed by atoms with Gasteiger partial charge in [0, 0.05) is 22.1 Å². The number of imide groups is 1. The predicted octanol–water partition coefficient (Wildman–Crippen LogP) is 2.98. The van der Waals surface area contributed by atoms with Gasteiger partial charge >= 0.3 is 0 Å². The van der Waals surface area contributed by atoms with Crippen LogP contribution in [-0.4, -0.2) is 22.8 Å². The molecule has 1 aromatic rings. The van der Waals surface area contributed by atoms with Gasteiger partial charge in [-0.3, -0.25) is 14.9 Å². The molecular weight excluding hydrogens is 294 g/mol. The van der Waals surface area contributed by atoms with Crippen molar-refractivity contribution in [3.8, 4) is 0 Å². The summed E-state index contributed by atoms with van der Waals surface area (Å²) in [6.45, 7) is 2.13. The van der Waals surface area contributed by atoms with Crippen LogP contribution in [0.15, 0.2) is 24.3 Å². The molecule has 20 heavy (non-hydrogen) atoms. The molecule has 2 amide bonds. The number of amides is 2.